The zero-order valence-corrected chi connectivity index (χ0v) is 14.2. The van der Waals surface area contributed by atoms with E-state index in [9.17, 15) is 9.59 Å². The maximum absolute atomic E-state index is 12.9. The predicted octanol–water partition coefficient (Wildman–Crippen LogP) is 2.77. The van der Waals surface area contributed by atoms with Crippen LogP contribution in [-0.2, 0) is 11.3 Å². The topological polar surface area (TPSA) is 54.3 Å². The number of aromatic nitrogens is 1. The van der Waals surface area contributed by atoms with E-state index < -0.39 is 0 Å². The van der Waals surface area contributed by atoms with E-state index in [2.05, 4.69) is 28.9 Å². The Labute approximate surface area is 147 Å². The lowest BCUT2D eigenvalue weighted by Crippen LogP contribution is -2.39. The molecular formula is C20H23N3O2. The van der Waals surface area contributed by atoms with E-state index in [1.807, 2.05) is 41.3 Å². The highest BCUT2D eigenvalue weighted by molar-refractivity contribution is 5.96. The molecule has 1 aliphatic rings. The van der Waals surface area contributed by atoms with Gasteiger partial charge in [0, 0.05) is 43.6 Å². The van der Waals surface area contributed by atoms with Gasteiger partial charge in [0.05, 0.1) is 0 Å². The lowest BCUT2D eigenvalue weighted by atomic mass is 10.0. The number of carbonyl (C=O) groups is 2. The number of amides is 2. The van der Waals surface area contributed by atoms with Gasteiger partial charge in [0.25, 0.3) is 5.91 Å². The molecule has 0 unspecified atom stereocenters. The van der Waals surface area contributed by atoms with Crippen LogP contribution in [0.5, 0.6) is 0 Å². The van der Waals surface area contributed by atoms with E-state index in [1.165, 1.54) is 6.08 Å². The van der Waals surface area contributed by atoms with Crippen molar-refractivity contribution in [3.05, 3.63) is 72.6 Å². The molecule has 1 aromatic carbocycles. The van der Waals surface area contributed by atoms with Crippen molar-refractivity contribution >= 4 is 11.8 Å². The Morgan fingerprint density at radius 3 is 2.48 bits per heavy atom. The number of rotatable bonds is 5. The highest BCUT2D eigenvalue weighted by Gasteiger charge is 2.25. The van der Waals surface area contributed by atoms with Crippen LogP contribution in [0.2, 0.25) is 0 Å². The summed E-state index contributed by atoms with van der Waals surface area (Å²) in [5.74, 6) is -0.204. The molecule has 25 heavy (non-hydrogen) atoms. The van der Waals surface area contributed by atoms with Crippen LogP contribution in [-0.4, -0.2) is 34.4 Å². The average Bonchev–Trinajstić information content (AvgIpc) is 3.20. The predicted molar refractivity (Wildman–Crippen MR) is 97.1 cm³/mol. The summed E-state index contributed by atoms with van der Waals surface area (Å²) < 4.78 is 2.22. The number of hydrogen-bond acceptors (Lipinski definition) is 2. The lowest BCUT2D eigenvalue weighted by Gasteiger charge is -2.33. The van der Waals surface area contributed by atoms with Crippen LogP contribution in [0.25, 0.3) is 0 Å². The number of piperidine rings is 1. The summed E-state index contributed by atoms with van der Waals surface area (Å²) >= 11 is 0. The Balaban J connectivity index is 1.65. The van der Waals surface area contributed by atoms with Gasteiger partial charge >= 0.3 is 0 Å². The van der Waals surface area contributed by atoms with Gasteiger partial charge in [0.2, 0.25) is 5.91 Å². The number of carbonyl (C=O) groups excluding carboxylic acids is 2. The maximum atomic E-state index is 12.9. The van der Waals surface area contributed by atoms with Gasteiger partial charge < -0.3 is 14.8 Å². The molecular weight excluding hydrogens is 314 g/mol. The van der Waals surface area contributed by atoms with Crippen molar-refractivity contribution in [2.45, 2.75) is 25.4 Å². The van der Waals surface area contributed by atoms with Gasteiger partial charge in [-0.05, 0) is 42.7 Å². The standard InChI is InChI=1S/C20H23N3O2/c1-2-19(24)21-15-16-7-3-4-8-18(16)20(25)23-13-9-17(10-14-23)22-11-5-6-12-22/h2-8,11-12,17H,1,9-10,13-15H2,(H,21,24). The molecule has 0 saturated carbocycles. The van der Waals surface area contributed by atoms with E-state index in [0.717, 1.165) is 31.5 Å². The van der Waals surface area contributed by atoms with Crippen LogP contribution < -0.4 is 5.32 Å². The summed E-state index contributed by atoms with van der Waals surface area (Å²) in [5.41, 5.74) is 1.49. The van der Waals surface area contributed by atoms with Crippen LogP contribution in [0, 0.1) is 0 Å². The van der Waals surface area contributed by atoms with Gasteiger partial charge in [-0.25, -0.2) is 0 Å². The van der Waals surface area contributed by atoms with Crippen molar-refractivity contribution in [2.75, 3.05) is 13.1 Å². The summed E-state index contributed by atoms with van der Waals surface area (Å²) in [6, 6.07) is 12.0. The third kappa shape index (κ3) is 3.99. The monoisotopic (exact) mass is 337 g/mol. The second-order valence-corrected chi connectivity index (χ2v) is 6.23. The van der Waals surface area contributed by atoms with Crippen LogP contribution >= 0.6 is 0 Å². The third-order valence-corrected chi connectivity index (χ3v) is 4.69. The number of nitrogens with one attached hydrogen (secondary N) is 1. The minimum Gasteiger partial charge on any atom is -0.351 e. The van der Waals surface area contributed by atoms with Gasteiger partial charge in [-0.15, -0.1) is 0 Å². The molecule has 130 valence electrons. The number of likely N-dealkylation sites (tertiary alicyclic amines) is 1. The Bertz CT molecular complexity index is 744. The highest BCUT2D eigenvalue weighted by Crippen LogP contribution is 2.24. The smallest absolute Gasteiger partial charge is 0.254 e. The molecule has 5 heteroatoms. The van der Waals surface area contributed by atoms with Crippen molar-refractivity contribution < 1.29 is 9.59 Å². The van der Waals surface area contributed by atoms with Crippen LogP contribution in [0.1, 0.15) is 34.8 Å². The zero-order chi connectivity index (χ0) is 17.6. The van der Waals surface area contributed by atoms with Crippen molar-refractivity contribution in [2.24, 2.45) is 0 Å². The largest absolute Gasteiger partial charge is 0.351 e. The summed E-state index contributed by atoms with van der Waals surface area (Å²) in [5, 5.41) is 2.74. The van der Waals surface area contributed by atoms with E-state index in [-0.39, 0.29) is 11.8 Å². The maximum Gasteiger partial charge on any atom is 0.254 e. The minimum atomic E-state index is -0.241. The average molecular weight is 337 g/mol. The number of hydrogen-bond donors (Lipinski definition) is 1. The second-order valence-electron chi connectivity index (χ2n) is 6.23. The molecule has 3 rings (SSSR count). The van der Waals surface area contributed by atoms with Crippen molar-refractivity contribution in [1.82, 2.24) is 14.8 Å². The van der Waals surface area contributed by atoms with Gasteiger partial charge in [-0.3, -0.25) is 9.59 Å². The Kier molecular flexibility index (Phi) is 5.33. The molecule has 1 aromatic heterocycles. The third-order valence-electron chi connectivity index (χ3n) is 4.69. The molecule has 0 radical (unpaired) electrons. The summed E-state index contributed by atoms with van der Waals surface area (Å²) in [7, 11) is 0. The normalized spacial score (nSPS) is 15.0. The first-order valence-electron chi connectivity index (χ1n) is 8.59. The molecule has 2 amide bonds. The second kappa shape index (κ2) is 7.83. The first kappa shape index (κ1) is 17.0. The minimum absolute atomic E-state index is 0.0365. The van der Waals surface area contributed by atoms with Gasteiger partial charge in [0.1, 0.15) is 0 Å². The zero-order valence-electron chi connectivity index (χ0n) is 14.2. The Hall–Kier alpha value is -2.82. The van der Waals surface area contributed by atoms with Gasteiger partial charge in [-0.1, -0.05) is 24.8 Å². The molecule has 0 bridgehead atoms. The van der Waals surface area contributed by atoms with Gasteiger partial charge in [0.15, 0.2) is 0 Å². The Morgan fingerprint density at radius 2 is 1.80 bits per heavy atom. The molecule has 1 fully saturated rings. The molecule has 1 aliphatic heterocycles. The Morgan fingerprint density at radius 1 is 1.12 bits per heavy atom. The highest BCUT2D eigenvalue weighted by atomic mass is 16.2. The fourth-order valence-corrected chi connectivity index (χ4v) is 3.27. The molecule has 0 aliphatic carbocycles. The van der Waals surface area contributed by atoms with Crippen LogP contribution in [0.4, 0.5) is 0 Å². The summed E-state index contributed by atoms with van der Waals surface area (Å²) in [4.78, 5) is 26.2. The summed E-state index contributed by atoms with van der Waals surface area (Å²) in [6.07, 6.45) is 7.31. The van der Waals surface area contributed by atoms with Crippen molar-refractivity contribution in [3.63, 3.8) is 0 Å². The number of benzene rings is 1. The fraction of sp³-hybridized carbons (Fsp3) is 0.300. The van der Waals surface area contributed by atoms with Crippen molar-refractivity contribution in [3.8, 4) is 0 Å². The van der Waals surface area contributed by atoms with E-state index in [1.54, 1.807) is 0 Å². The molecule has 0 atom stereocenters. The molecule has 5 nitrogen and oxygen atoms in total. The van der Waals surface area contributed by atoms with E-state index >= 15 is 0 Å². The van der Waals surface area contributed by atoms with Crippen LogP contribution in [0.15, 0.2) is 61.4 Å². The molecule has 2 aromatic rings. The quantitative estimate of drug-likeness (QED) is 0.853. The van der Waals surface area contributed by atoms with Crippen LogP contribution in [0.3, 0.4) is 0 Å². The van der Waals surface area contributed by atoms with E-state index in [0.29, 0.717) is 18.2 Å². The van der Waals surface area contributed by atoms with E-state index in [4.69, 9.17) is 0 Å². The number of nitrogens with zero attached hydrogens (tertiary/aromatic N) is 2. The first-order valence-corrected chi connectivity index (χ1v) is 8.59. The molecule has 0 spiro atoms. The molecule has 2 heterocycles. The lowest BCUT2D eigenvalue weighted by molar-refractivity contribution is -0.116. The molecule has 1 N–H and O–H groups in total. The SMILES string of the molecule is C=CC(=O)NCc1ccccc1C(=O)N1CCC(n2cccc2)CC1. The summed E-state index contributed by atoms with van der Waals surface area (Å²) in [6.45, 7) is 5.26. The van der Waals surface area contributed by atoms with Gasteiger partial charge in [-0.2, -0.15) is 0 Å². The fourth-order valence-electron chi connectivity index (χ4n) is 3.27. The molecule has 1 saturated heterocycles. The van der Waals surface area contributed by atoms with Crippen molar-refractivity contribution in [1.29, 1.82) is 0 Å². The first-order chi connectivity index (χ1) is 12.2.